The maximum Gasteiger partial charge on any atom is 0.416 e. The predicted octanol–water partition coefficient (Wildman–Crippen LogP) is 4.02. The third-order valence-electron chi connectivity index (χ3n) is 7.29. The third-order valence-corrected chi connectivity index (χ3v) is 7.29. The summed E-state index contributed by atoms with van der Waals surface area (Å²) in [7, 11) is 0. The van der Waals surface area contributed by atoms with Crippen LogP contribution >= 0.6 is 0 Å². The van der Waals surface area contributed by atoms with Gasteiger partial charge in [-0.05, 0) is 29.9 Å². The molecule has 7 heteroatoms. The van der Waals surface area contributed by atoms with Gasteiger partial charge in [-0.25, -0.2) is 4.79 Å². The number of anilines is 1. The molecule has 3 aliphatic heterocycles. The summed E-state index contributed by atoms with van der Waals surface area (Å²) in [5.41, 5.74) is 0.566. The lowest BCUT2D eigenvalue weighted by molar-refractivity contribution is -0.142. The van der Waals surface area contributed by atoms with Crippen LogP contribution in [0, 0.1) is 5.41 Å². The molecule has 2 saturated heterocycles. The fraction of sp³-hybridized carbons (Fsp3) is 0.423. The van der Waals surface area contributed by atoms with Gasteiger partial charge in [0.2, 0.25) is 5.91 Å². The molecule has 1 aromatic rings. The van der Waals surface area contributed by atoms with E-state index in [0.29, 0.717) is 18.5 Å². The average Bonchev–Trinajstić information content (AvgIpc) is 3.31. The molecule has 4 rings (SSSR count). The van der Waals surface area contributed by atoms with Crippen LogP contribution in [0.5, 0.6) is 0 Å². The predicted molar refractivity (Wildman–Crippen MR) is 126 cm³/mol. The maximum absolute atomic E-state index is 13.7. The Labute approximate surface area is 194 Å². The maximum atomic E-state index is 13.7. The third kappa shape index (κ3) is 3.13. The van der Waals surface area contributed by atoms with Crippen LogP contribution in [-0.2, 0) is 19.7 Å². The number of nitrogens with one attached hydrogen (secondary N) is 1. The minimum Gasteiger partial charge on any atom is -0.445 e. The molecule has 33 heavy (non-hydrogen) atoms. The van der Waals surface area contributed by atoms with Gasteiger partial charge in [-0.15, -0.1) is 6.58 Å². The van der Waals surface area contributed by atoms with Gasteiger partial charge < -0.3 is 15.0 Å². The summed E-state index contributed by atoms with van der Waals surface area (Å²) >= 11 is 0. The SMILES string of the molecule is C=CCOC(=O)N1c2ccccc2[C@]2(C(C)(C)C=C)CC3C(=O)N/C(=C\CCC)C(=O)N3[C@H]12. The lowest BCUT2D eigenvalue weighted by atomic mass is 9.60. The first-order valence-electron chi connectivity index (χ1n) is 11.4. The van der Waals surface area contributed by atoms with Gasteiger partial charge in [-0.3, -0.25) is 14.5 Å². The van der Waals surface area contributed by atoms with E-state index in [2.05, 4.69) is 18.5 Å². The normalized spacial score (nSPS) is 27.1. The van der Waals surface area contributed by atoms with Gasteiger partial charge in [-0.2, -0.15) is 0 Å². The van der Waals surface area contributed by atoms with Crippen molar-refractivity contribution < 1.29 is 19.1 Å². The van der Waals surface area contributed by atoms with E-state index in [0.717, 1.165) is 12.0 Å². The zero-order valence-corrected chi connectivity index (χ0v) is 19.5. The van der Waals surface area contributed by atoms with Gasteiger partial charge in [0.1, 0.15) is 24.5 Å². The van der Waals surface area contributed by atoms with Crippen LogP contribution in [0.2, 0.25) is 0 Å². The lowest BCUT2D eigenvalue weighted by Gasteiger charge is -2.45. The zero-order chi connectivity index (χ0) is 24.0. The quantitative estimate of drug-likeness (QED) is 0.526. The Kier molecular flexibility index (Phi) is 5.68. The van der Waals surface area contributed by atoms with Crippen LogP contribution in [0.25, 0.3) is 0 Å². The highest BCUT2D eigenvalue weighted by atomic mass is 16.6. The summed E-state index contributed by atoms with van der Waals surface area (Å²) < 4.78 is 5.45. The molecule has 0 spiro atoms. The monoisotopic (exact) mass is 449 g/mol. The molecule has 3 atom stereocenters. The molecule has 0 saturated carbocycles. The minimum atomic E-state index is -0.740. The van der Waals surface area contributed by atoms with Crippen LogP contribution in [-0.4, -0.2) is 41.6 Å². The fourth-order valence-electron chi connectivity index (χ4n) is 5.53. The van der Waals surface area contributed by atoms with E-state index in [1.165, 1.54) is 11.0 Å². The molecule has 2 fully saturated rings. The molecule has 0 radical (unpaired) electrons. The lowest BCUT2D eigenvalue weighted by Crippen LogP contribution is -2.62. The van der Waals surface area contributed by atoms with Crippen LogP contribution < -0.4 is 10.2 Å². The zero-order valence-electron chi connectivity index (χ0n) is 19.5. The number of amides is 3. The Bertz CT molecular complexity index is 1060. The number of para-hydroxylation sites is 1. The number of rotatable bonds is 6. The van der Waals surface area contributed by atoms with E-state index in [9.17, 15) is 14.4 Å². The van der Waals surface area contributed by atoms with Crippen molar-refractivity contribution in [3.63, 3.8) is 0 Å². The van der Waals surface area contributed by atoms with Gasteiger partial charge in [-0.1, -0.05) is 70.2 Å². The van der Waals surface area contributed by atoms with Crippen LogP contribution in [0.4, 0.5) is 10.5 Å². The second-order valence-corrected chi connectivity index (χ2v) is 9.35. The number of ether oxygens (including phenoxy) is 1. The first kappa shape index (κ1) is 22.8. The van der Waals surface area contributed by atoms with E-state index in [1.807, 2.05) is 51.1 Å². The van der Waals surface area contributed by atoms with Crippen LogP contribution in [0.3, 0.4) is 0 Å². The molecule has 0 bridgehead atoms. The number of hydrogen-bond acceptors (Lipinski definition) is 4. The van der Waals surface area contributed by atoms with E-state index in [4.69, 9.17) is 4.74 Å². The van der Waals surface area contributed by atoms with Crippen LogP contribution in [0.1, 0.15) is 45.6 Å². The second kappa shape index (κ2) is 8.21. The molecule has 174 valence electrons. The Morgan fingerprint density at radius 2 is 2.03 bits per heavy atom. The van der Waals surface area contributed by atoms with Crippen molar-refractivity contribution in [2.75, 3.05) is 11.5 Å². The number of allylic oxidation sites excluding steroid dienone is 2. The van der Waals surface area contributed by atoms with Gasteiger partial charge in [0.15, 0.2) is 0 Å². The number of nitrogens with zero attached hydrogens (tertiary/aromatic N) is 2. The molecule has 1 aromatic carbocycles. The van der Waals surface area contributed by atoms with Gasteiger partial charge in [0, 0.05) is 5.41 Å². The number of benzene rings is 1. The van der Waals surface area contributed by atoms with Crippen molar-refractivity contribution in [1.82, 2.24) is 10.2 Å². The number of unbranched alkanes of at least 4 members (excludes halogenated alkanes) is 1. The van der Waals surface area contributed by atoms with E-state index < -0.39 is 29.1 Å². The summed E-state index contributed by atoms with van der Waals surface area (Å²) in [6.07, 6.45) is 5.70. The molecule has 1 N–H and O–H groups in total. The summed E-state index contributed by atoms with van der Waals surface area (Å²) in [5.74, 6) is -0.517. The van der Waals surface area contributed by atoms with E-state index >= 15 is 0 Å². The van der Waals surface area contributed by atoms with Crippen molar-refractivity contribution in [3.8, 4) is 0 Å². The Morgan fingerprint density at radius 3 is 2.70 bits per heavy atom. The Morgan fingerprint density at radius 1 is 1.30 bits per heavy atom. The summed E-state index contributed by atoms with van der Waals surface area (Å²) in [6.45, 7) is 13.8. The Balaban J connectivity index is 1.95. The highest BCUT2D eigenvalue weighted by Gasteiger charge is 2.70. The van der Waals surface area contributed by atoms with E-state index in [1.54, 1.807) is 11.0 Å². The first-order chi connectivity index (χ1) is 15.7. The minimum absolute atomic E-state index is 0.0432. The van der Waals surface area contributed by atoms with Crippen molar-refractivity contribution in [2.45, 2.75) is 57.7 Å². The van der Waals surface area contributed by atoms with Crippen molar-refractivity contribution in [1.29, 1.82) is 0 Å². The molecule has 3 amide bonds. The van der Waals surface area contributed by atoms with Gasteiger partial charge >= 0.3 is 6.09 Å². The standard InChI is InChI=1S/C26H31N3O4/c1-6-9-13-18-22(31)28-20(21(30)27-18)16-26(25(4,5)8-3)17-12-10-11-14-19(17)29(23(26)28)24(32)33-15-7-2/h7-8,10-14,20,23H,2-3,6,9,15-16H2,1,4-5H3,(H,27,30)/b18-13-/t20?,23-,26-/m1/s1. The molecule has 3 heterocycles. The highest BCUT2D eigenvalue weighted by molar-refractivity contribution is 6.07. The second-order valence-electron chi connectivity index (χ2n) is 9.35. The molecule has 0 aromatic heterocycles. The van der Waals surface area contributed by atoms with Crippen molar-refractivity contribution >= 4 is 23.6 Å². The molecule has 0 aliphatic carbocycles. The molecule has 1 unspecified atom stereocenters. The summed E-state index contributed by atoms with van der Waals surface area (Å²) in [6, 6.07) is 6.91. The average molecular weight is 450 g/mol. The molecular formula is C26H31N3O4. The summed E-state index contributed by atoms with van der Waals surface area (Å²) in [5, 5.41) is 2.81. The molecule has 7 nitrogen and oxygen atoms in total. The topological polar surface area (TPSA) is 79.0 Å². The van der Waals surface area contributed by atoms with Crippen molar-refractivity contribution in [2.24, 2.45) is 5.41 Å². The smallest absolute Gasteiger partial charge is 0.416 e. The largest absolute Gasteiger partial charge is 0.445 e. The van der Waals surface area contributed by atoms with Gasteiger partial charge in [0.25, 0.3) is 5.91 Å². The summed E-state index contributed by atoms with van der Waals surface area (Å²) in [4.78, 5) is 43.4. The number of fused-ring (bicyclic) bond motifs is 5. The van der Waals surface area contributed by atoms with Gasteiger partial charge in [0.05, 0.1) is 5.69 Å². The highest BCUT2D eigenvalue weighted by Crippen LogP contribution is 2.62. The molecule has 3 aliphatic rings. The van der Waals surface area contributed by atoms with Crippen molar-refractivity contribution in [3.05, 3.63) is 66.9 Å². The number of hydrogen-bond donors (Lipinski definition) is 1. The fourth-order valence-corrected chi connectivity index (χ4v) is 5.53. The number of carbonyl (C=O) groups is 3. The molecular weight excluding hydrogens is 418 g/mol. The number of carbonyl (C=O) groups excluding carboxylic acids is 3. The van der Waals surface area contributed by atoms with E-state index in [-0.39, 0.29) is 24.1 Å². The Hall–Kier alpha value is -3.35. The number of piperazine rings is 1. The first-order valence-corrected chi connectivity index (χ1v) is 11.4. The van der Waals surface area contributed by atoms with Crippen LogP contribution in [0.15, 0.2) is 61.3 Å².